The maximum Gasteiger partial charge on any atom is 0.341 e. The number of halogens is 4. The van der Waals surface area contributed by atoms with E-state index < -0.39 is 27.7 Å². The molecule has 0 radical (unpaired) electrons. The second-order valence-corrected chi connectivity index (χ2v) is 3.93. The van der Waals surface area contributed by atoms with Crippen molar-refractivity contribution in [2.75, 3.05) is 6.61 Å². The molecule has 0 aromatic heterocycles. The molecule has 0 saturated heterocycles. The van der Waals surface area contributed by atoms with Crippen molar-refractivity contribution >= 4 is 34.7 Å². The smallest absolute Gasteiger partial charge is 0.341 e. The summed E-state index contributed by atoms with van der Waals surface area (Å²) in [5, 5.41) is 0. The van der Waals surface area contributed by atoms with Gasteiger partial charge in [0.25, 0.3) is 0 Å². The van der Waals surface area contributed by atoms with E-state index in [9.17, 15) is 13.6 Å². The first kappa shape index (κ1) is 13.9. The van der Waals surface area contributed by atoms with Gasteiger partial charge in [-0.25, -0.2) is 13.6 Å². The third kappa shape index (κ3) is 3.41. The summed E-state index contributed by atoms with van der Waals surface area (Å²) in [6.07, 6.45) is 0. The van der Waals surface area contributed by atoms with Crippen LogP contribution in [0.25, 0.3) is 5.57 Å². The van der Waals surface area contributed by atoms with E-state index in [1.165, 1.54) is 0 Å². The Morgan fingerprint density at radius 2 is 2.00 bits per heavy atom. The molecule has 0 N–H and O–H groups in total. The predicted molar refractivity (Wildman–Crippen MR) is 61.6 cm³/mol. The van der Waals surface area contributed by atoms with Crippen molar-refractivity contribution in [3.8, 4) is 0 Å². The molecule has 0 amide bonds. The van der Waals surface area contributed by atoms with Gasteiger partial charge in [0, 0.05) is 5.56 Å². The van der Waals surface area contributed by atoms with Crippen molar-refractivity contribution in [2.45, 2.75) is 6.92 Å². The maximum atomic E-state index is 13.5. The number of benzene rings is 1. The molecule has 1 aromatic carbocycles. The highest BCUT2D eigenvalue weighted by molar-refractivity contribution is 6.61. The molecule has 1 rings (SSSR count). The highest BCUT2D eigenvalue weighted by Gasteiger charge is 2.21. The summed E-state index contributed by atoms with van der Waals surface area (Å²) in [6.45, 7) is 1.64. The van der Waals surface area contributed by atoms with Gasteiger partial charge in [0.15, 0.2) is 0 Å². The summed E-state index contributed by atoms with van der Waals surface area (Å²) in [4.78, 5) is 11.5. The van der Waals surface area contributed by atoms with E-state index in [-0.39, 0.29) is 12.2 Å². The van der Waals surface area contributed by atoms with Crippen molar-refractivity contribution in [1.29, 1.82) is 0 Å². The largest absolute Gasteiger partial charge is 0.462 e. The number of rotatable bonds is 3. The lowest BCUT2D eigenvalue weighted by Gasteiger charge is -2.08. The van der Waals surface area contributed by atoms with E-state index in [1.807, 2.05) is 0 Å². The quantitative estimate of drug-likeness (QED) is 0.624. The molecular formula is C11H8Cl2F2O2. The minimum Gasteiger partial charge on any atom is -0.462 e. The van der Waals surface area contributed by atoms with Gasteiger partial charge < -0.3 is 4.74 Å². The zero-order valence-electron chi connectivity index (χ0n) is 8.77. The molecule has 0 spiro atoms. The van der Waals surface area contributed by atoms with E-state index in [4.69, 9.17) is 23.2 Å². The Hall–Kier alpha value is -1.13. The van der Waals surface area contributed by atoms with E-state index in [1.54, 1.807) is 6.92 Å². The first-order valence-corrected chi connectivity index (χ1v) is 5.40. The van der Waals surface area contributed by atoms with E-state index in [0.717, 1.165) is 18.2 Å². The summed E-state index contributed by atoms with van der Waals surface area (Å²) >= 11 is 11.0. The average Bonchev–Trinajstić information content (AvgIpc) is 2.23. The van der Waals surface area contributed by atoms with Crippen LogP contribution in [0.4, 0.5) is 8.78 Å². The van der Waals surface area contributed by atoms with Crippen LogP contribution in [0.3, 0.4) is 0 Å². The second-order valence-electron chi connectivity index (χ2n) is 2.98. The van der Waals surface area contributed by atoms with E-state index in [0.29, 0.717) is 0 Å². The Morgan fingerprint density at radius 3 is 2.53 bits per heavy atom. The number of carbonyl (C=O) groups is 1. The number of hydrogen-bond donors (Lipinski definition) is 0. The van der Waals surface area contributed by atoms with Crippen LogP contribution in [0.2, 0.25) is 0 Å². The van der Waals surface area contributed by atoms with Crippen LogP contribution >= 0.6 is 23.2 Å². The average molecular weight is 281 g/mol. The highest BCUT2D eigenvalue weighted by atomic mass is 35.5. The summed E-state index contributed by atoms with van der Waals surface area (Å²) in [6, 6.07) is 2.62. The topological polar surface area (TPSA) is 26.3 Å². The molecule has 0 aliphatic carbocycles. The van der Waals surface area contributed by atoms with Gasteiger partial charge in [0.1, 0.15) is 21.7 Å². The van der Waals surface area contributed by atoms with Crippen molar-refractivity contribution in [1.82, 2.24) is 0 Å². The molecular weight excluding hydrogens is 273 g/mol. The molecule has 92 valence electrons. The van der Waals surface area contributed by atoms with Crippen LogP contribution in [0, 0.1) is 11.6 Å². The predicted octanol–water partition coefficient (Wildman–Crippen LogP) is 3.67. The summed E-state index contributed by atoms with van der Waals surface area (Å²) in [5.74, 6) is -2.43. The number of esters is 1. The lowest BCUT2D eigenvalue weighted by molar-refractivity contribution is -0.136. The lowest BCUT2D eigenvalue weighted by Crippen LogP contribution is -2.09. The lowest BCUT2D eigenvalue weighted by atomic mass is 10.1. The maximum absolute atomic E-state index is 13.5. The normalized spacial score (nSPS) is 9.94. The van der Waals surface area contributed by atoms with Crippen molar-refractivity contribution in [3.63, 3.8) is 0 Å². The Morgan fingerprint density at radius 1 is 1.35 bits per heavy atom. The van der Waals surface area contributed by atoms with Crippen LogP contribution < -0.4 is 0 Å². The third-order valence-corrected chi connectivity index (χ3v) is 2.24. The van der Waals surface area contributed by atoms with Crippen LogP contribution in [0.5, 0.6) is 0 Å². The van der Waals surface area contributed by atoms with Crippen LogP contribution in [0.1, 0.15) is 12.5 Å². The van der Waals surface area contributed by atoms with Crippen molar-refractivity contribution in [2.24, 2.45) is 0 Å². The summed E-state index contributed by atoms with van der Waals surface area (Å²) in [7, 11) is 0. The van der Waals surface area contributed by atoms with Crippen LogP contribution in [-0.2, 0) is 9.53 Å². The Labute approximate surface area is 107 Å². The van der Waals surface area contributed by atoms with Crippen LogP contribution in [-0.4, -0.2) is 12.6 Å². The summed E-state index contributed by atoms with van der Waals surface area (Å²) in [5.41, 5.74) is -0.726. The Bertz CT molecular complexity index is 469. The molecule has 0 bridgehead atoms. The molecule has 0 heterocycles. The van der Waals surface area contributed by atoms with Crippen LogP contribution in [0.15, 0.2) is 22.7 Å². The molecule has 17 heavy (non-hydrogen) atoms. The van der Waals surface area contributed by atoms with Gasteiger partial charge in [0.2, 0.25) is 0 Å². The standard InChI is InChI=1S/C11H8Cl2F2O2/c1-2-17-11(16)9(10(12)13)7-5-6(14)3-4-8(7)15/h3-5H,2H2,1H3. The minimum atomic E-state index is -0.906. The van der Waals surface area contributed by atoms with Gasteiger partial charge >= 0.3 is 5.97 Å². The molecule has 0 saturated carbocycles. The zero-order valence-corrected chi connectivity index (χ0v) is 10.3. The van der Waals surface area contributed by atoms with Crippen molar-refractivity contribution < 1.29 is 18.3 Å². The number of ether oxygens (including phenoxy) is 1. The molecule has 0 atom stereocenters. The van der Waals surface area contributed by atoms with Gasteiger partial charge in [-0.05, 0) is 25.1 Å². The fourth-order valence-electron chi connectivity index (χ4n) is 1.18. The van der Waals surface area contributed by atoms with Gasteiger partial charge in [-0.15, -0.1) is 0 Å². The molecule has 0 fully saturated rings. The van der Waals surface area contributed by atoms with Gasteiger partial charge in [-0.3, -0.25) is 0 Å². The first-order chi connectivity index (χ1) is 7.97. The molecule has 0 aliphatic heterocycles. The third-order valence-electron chi connectivity index (χ3n) is 1.87. The molecule has 2 nitrogen and oxygen atoms in total. The molecule has 0 unspecified atom stereocenters. The Balaban J connectivity index is 3.30. The SMILES string of the molecule is CCOC(=O)C(=C(Cl)Cl)c1cc(F)ccc1F. The molecule has 6 heteroatoms. The number of carbonyl (C=O) groups excluding carboxylic acids is 1. The fourth-order valence-corrected chi connectivity index (χ4v) is 1.54. The summed E-state index contributed by atoms with van der Waals surface area (Å²) < 4.78 is 30.6. The first-order valence-electron chi connectivity index (χ1n) is 4.65. The van der Waals surface area contributed by atoms with E-state index in [2.05, 4.69) is 4.74 Å². The van der Waals surface area contributed by atoms with E-state index >= 15 is 0 Å². The van der Waals surface area contributed by atoms with Gasteiger partial charge in [0.05, 0.1) is 6.61 Å². The number of hydrogen-bond acceptors (Lipinski definition) is 2. The molecule has 0 aliphatic rings. The highest BCUT2D eigenvalue weighted by Crippen LogP contribution is 2.28. The van der Waals surface area contributed by atoms with Gasteiger partial charge in [-0.1, -0.05) is 23.2 Å². The fraction of sp³-hybridized carbons (Fsp3) is 0.182. The molecule has 1 aromatic rings. The minimum absolute atomic E-state index is 0.0698. The van der Waals surface area contributed by atoms with Gasteiger partial charge in [-0.2, -0.15) is 0 Å². The van der Waals surface area contributed by atoms with Crippen molar-refractivity contribution in [3.05, 3.63) is 39.9 Å². The monoisotopic (exact) mass is 280 g/mol. The second kappa shape index (κ2) is 5.98. The zero-order chi connectivity index (χ0) is 13.0. The Kier molecular flexibility index (Phi) is 4.90.